The largest absolute Gasteiger partial charge is 0.573 e. The molecule has 9 nitrogen and oxygen atoms in total. The van der Waals surface area contributed by atoms with Crippen LogP contribution in [-0.2, 0) is 4.74 Å². The van der Waals surface area contributed by atoms with Gasteiger partial charge in [0.25, 0.3) is 11.5 Å². The van der Waals surface area contributed by atoms with Crippen LogP contribution in [0.15, 0.2) is 41.3 Å². The van der Waals surface area contributed by atoms with Crippen molar-refractivity contribution < 1.29 is 49.7 Å². The fourth-order valence-corrected chi connectivity index (χ4v) is 3.01. The van der Waals surface area contributed by atoms with Gasteiger partial charge in [0.15, 0.2) is 23.2 Å². The first-order valence-electron chi connectivity index (χ1n) is 9.93. The van der Waals surface area contributed by atoms with E-state index in [1.54, 1.807) is 0 Å². The molecule has 3 rings (SSSR count). The number of carbonyl (C=O) groups excluding carboxylic acids is 1. The Bertz CT molecular complexity index is 1330. The van der Waals surface area contributed by atoms with E-state index in [0.29, 0.717) is 18.2 Å². The van der Waals surface area contributed by atoms with E-state index in [1.807, 2.05) is 0 Å². The maximum atomic E-state index is 14.4. The molecule has 0 aliphatic heterocycles. The van der Waals surface area contributed by atoms with Crippen LogP contribution in [0.1, 0.15) is 22.1 Å². The monoisotopic (exact) mass is 536 g/mol. The van der Waals surface area contributed by atoms with Crippen molar-refractivity contribution in [1.82, 2.24) is 20.3 Å². The number of amides is 1. The van der Waals surface area contributed by atoms with Crippen LogP contribution >= 0.6 is 0 Å². The first kappa shape index (κ1) is 27.4. The average molecular weight is 536 g/mol. The molecule has 2 heterocycles. The number of pyridine rings is 1. The second kappa shape index (κ2) is 11.2. The van der Waals surface area contributed by atoms with Crippen molar-refractivity contribution >= 4 is 5.91 Å². The number of halogens is 7. The van der Waals surface area contributed by atoms with Gasteiger partial charge in [-0.05, 0) is 17.7 Å². The highest BCUT2D eigenvalue weighted by Gasteiger charge is 2.32. The third kappa shape index (κ3) is 7.39. The van der Waals surface area contributed by atoms with Crippen LogP contribution in [0.25, 0.3) is 11.5 Å². The van der Waals surface area contributed by atoms with Gasteiger partial charge >= 0.3 is 13.0 Å². The summed E-state index contributed by atoms with van der Waals surface area (Å²) in [5.74, 6) is -5.83. The highest BCUT2D eigenvalue weighted by atomic mass is 19.4. The van der Waals surface area contributed by atoms with Gasteiger partial charge in [-0.2, -0.15) is 8.78 Å². The lowest BCUT2D eigenvalue weighted by Crippen LogP contribution is -2.33. The lowest BCUT2D eigenvalue weighted by Gasteiger charge is -2.19. The van der Waals surface area contributed by atoms with Crippen LogP contribution in [-0.4, -0.2) is 47.5 Å². The number of hydrogen-bond acceptors (Lipinski definition) is 7. The van der Waals surface area contributed by atoms with Gasteiger partial charge in [-0.25, -0.2) is 18.7 Å². The summed E-state index contributed by atoms with van der Waals surface area (Å²) in [6.45, 7) is -3.51. The van der Waals surface area contributed by atoms with Crippen molar-refractivity contribution in [1.29, 1.82) is 0 Å². The average Bonchev–Trinajstić information content (AvgIpc) is 2.78. The van der Waals surface area contributed by atoms with Crippen LogP contribution in [0.5, 0.6) is 11.5 Å². The van der Waals surface area contributed by atoms with Gasteiger partial charge in [0.2, 0.25) is 0 Å². The molecule has 0 bridgehead atoms. The van der Waals surface area contributed by atoms with E-state index in [4.69, 9.17) is 4.74 Å². The van der Waals surface area contributed by atoms with Gasteiger partial charge in [0.1, 0.15) is 17.1 Å². The Balaban J connectivity index is 1.87. The molecule has 3 aromatic rings. The van der Waals surface area contributed by atoms with E-state index >= 15 is 0 Å². The van der Waals surface area contributed by atoms with Crippen LogP contribution in [0.2, 0.25) is 0 Å². The highest BCUT2D eigenvalue weighted by molar-refractivity contribution is 5.92. The molecular formula is C21H15F7N4O5. The van der Waals surface area contributed by atoms with Crippen molar-refractivity contribution in [2.75, 3.05) is 13.7 Å². The smallest absolute Gasteiger partial charge is 0.433 e. The Morgan fingerprint density at radius 2 is 1.86 bits per heavy atom. The molecule has 0 saturated heterocycles. The van der Waals surface area contributed by atoms with Crippen molar-refractivity contribution in [2.45, 2.75) is 19.0 Å². The van der Waals surface area contributed by atoms with Crippen LogP contribution in [0, 0.1) is 11.6 Å². The van der Waals surface area contributed by atoms with E-state index in [0.717, 1.165) is 18.3 Å². The Labute approximate surface area is 202 Å². The lowest BCUT2D eigenvalue weighted by atomic mass is 10.1. The summed E-state index contributed by atoms with van der Waals surface area (Å²) in [6.07, 6.45) is -4.39. The molecule has 0 spiro atoms. The van der Waals surface area contributed by atoms with E-state index in [9.17, 15) is 40.3 Å². The van der Waals surface area contributed by atoms with Gasteiger partial charge in [0, 0.05) is 19.2 Å². The molecule has 1 aromatic carbocycles. The first-order chi connectivity index (χ1) is 17.4. The maximum Gasteiger partial charge on any atom is 0.573 e. The van der Waals surface area contributed by atoms with Crippen LogP contribution in [0.4, 0.5) is 30.7 Å². The number of carbonyl (C=O) groups is 1. The minimum atomic E-state index is -5.13. The molecule has 0 fully saturated rings. The molecule has 16 heteroatoms. The van der Waals surface area contributed by atoms with Gasteiger partial charge in [-0.3, -0.25) is 9.59 Å². The topological polar surface area (TPSA) is 115 Å². The van der Waals surface area contributed by atoms with Crippen LogP contribution in [0.3, 0.4) is 0 Å². The number of nitrogens with one attached hydrogen (secondary N) is 2. The Morgan fingerprint density at radius 3 is 2.46 bits per heavy atom. The molecule has 37 heavy (non-hydrogen) atoms. The van der Waals surface area contributed by atoms with Crippen molar-refractivity contribution in [3.63, 3.8) is 0 Å². The third-order valence-electron chi connectivity index (χ3n) is 4.46. The summed E-state index contributed by atoms with van der Waals surface area (Å²) in [5, 5.41) is 2.37. The zero-order chi connectivity index (χ0) is 27.3. The van der Waals surface area contributed by atoms with E-state index in [2.05, 4.69) is 29.7 Å². The number of alkyl halides is 5. The predicted octanol–water partition coefficient (Wildman–Crippen LogP) is 3.73. The zero-order valence-electron chi connectivity index (χ0n) is 18.4. The number of aromatic amines is 1. The molecule has 198 valence electrons. The number of hydrogen-bond donors (Lipinski definition) is 2. The molecule has 2 aromatic heterocycles. The third-order valence-corrected chi connectivity index (χ3v) is 4.46. The minimum Gasteiger partial charge on any atom is -0.433 e. The second-order valence-corrected chi connectivity index (χ2v) is 7.08. The van der Waals surface area contributed by atoms with E-state index < -0.39 is 70.8 Å². The SMILES string of the molecule is COC[C@@H](NC(=O)c1cc(=O)[nH]c(-c2ncc(OC(F)F)cc2F)n1)c1ccc(OC(F)(F)F)c(F)c1. The van der Waals surface area contributed by atoms with E-state index in [1.165, 1.54) is 7.11 Å². The number of ether oxygens (including phenoxy) is 3. The normalized spacial score (nSPS) is 12.4. The zero-order valence-corrected chi connectivity index (χ0v) is 18.4. The van der Waals surface area contributed by atoms with Crippen LogP contribution < -0.4 is 20.3 Å². The van der Waals surface area contributed by atoms with Gasteiger partial charge in [0.05, 0.1) is 18.8 Å². The Hall–Kier alpha value is -4.21. The summed E-state index contributed by atoms with van der Waals surface area (Å²) >= 11 is 0. The maximum absolute atomic E-state index is 14.4. The summed E-state index contributed by atoms with van der Waals surface area (Å²) < 4.78 is 103. The molecule has 0 saturated carbocycles. The minimum absolute atomic E-state index is 0.0189. The fraction of sp³-hybridized carbons (Fsp3) is 0.238. The first-order valence-corrected chi connectivity index (χ1v) is 9.93. The summed E-state index contributed by atoms with van der Waals surface area (Å²) in [5.41, 5.74) is -2.07. The highest BCUT2D eigenvalue weighted by Crippen LogP contribution is 2.28. The fourth-order valence-electron chi connectivity index (χ4n) is 3.01. The molecule has 0 unspecified atom stereocenters. The number of rotatable bonds is 9. The predicted molar refractivity (Wildman–Crippen MR) is 110 cm³/mol. The number of nitrogens with zero attached hydrogens (tertiary/aromatic N) is 2. The number of H-pyrrole nitrogens is 1. The van der Waals surface area contributed by atoms with Gasteiger partial charge in [-0.15, -0.1) is 13.2 Å². The molecule has 1 amide bonds. The summed E-state index contributed by atoms with van der Waals surface area (Å²) in [7, 11) is 1.23. The van der Waals surface area contributed by atoms with Gasteiger partial charge < -0.3 is 24.5 Å². The number of benzene rings is 1. The Morgan fingerprint density at radius 1 is 1.14 bits per heavy atom. The number of methoxy groups -OCH3 is 1. The quantitative estimate of drug-likeness (QED) is 0.401. The molecular weight excluding hydrogens is 521 g/mol. The molecule has 0 aliphatic carbocycles. The van der Waals surface area contributed by atoms with Gasteiger partial charge in [-0.1, -0.05) is 6.07 Å². The lowest BCUT2D eigenvalue weighted by molar-refractivity contribution is -0.275. The molecule has 0 radical (unpaired) electrons. The van der Waals surface area contributed by atoms with Crippen molar-refractivity contribution in [3.05, 3.63) is 69.8 Å². The molecule has 0 aliphatic rings. The van der Waals surface area contributed by atoms with E-state index in [-0.39, 0.29) is 12.2 Å². The van der Waals surface area contributed by atoms with Crippen molar-refractivity contribution in [2.24, 2.45) is 0 Å². The summed E-state index contributed by atoms with van der Waals surface area (Å²) in [6, 6.07) is 2.62. The second-order valence-electron chi connectivity index (χ2n) is 7.08. The molecule has 2 N–H and O–H groups in total. The standard InChI is InChI=1S/C21H15F7N4O5/c1-35-8-14(9-2-3-15(11(22)4-9)37-21(26,27)28)31-19(34)13-6-16(33)32-18(30-13)17-12(23)5-10(7-29-17)36-20(24)25/h2-7,14,20H,8H2,1H3,(H,31,34)(H,30,32,33)/t14-/m1/s1. The van der Waals surface area contributed by atoms with Crippen molar-refractivity contribution in [3.8, 4) is 23.0 Å². The Kier molecular flexibility index (Phi) is 8.31. The number of aromatic nitrogens is 3. The molecule has 1 atom stereocenters. The summed E-state index contributed by atoms with van der Waals surface area (Å²) in [4.78, 5) is 34.4.